The summed E-state index contributed by atoms with van der Waals surface area (Å²) < 4.78 is 18.5. The lowest BCUT2D eigenvalue weighted by Crippen LogP contribution is -2.26. The topological polar surface area (TPSA) is 45.8 Å². The number of carbonyl (C=O) groups is 1. The average Bonchev–Trinajstić information content (AvgIpc) is 3.35. The number of aryl methyl sites for hydroxylation is 1. The quantitative estimate of drug-likeness (QED) is 0.679. The molecular weight excluding hydrogens is 339 g/mol. The average molecular weight is 354 g/mol. The van der Waals surface area contributed by atoms with E-state index in [2.05, 4.69) is 5.10 Å². The highest BCUT2D eigenvalue weighted by Gasteiger charge is 2.35. The van der Waals surface area contributed by atoms with Gasteiger partial charge in [-0.3, -0.25) is 4.79 Å². The minimum Gasteiger partial charge on any atom is -0.459 e. The fourth-order valence-corrected chi connectivity index (χ4v) is 3.75. The van der Waals surface area contributed by atoms with Crippen molar-refractivity contribution in [1.82, 2.24) is 5.01 Å². The van der Waals surface area contributed by atoms with Gasteiger partial charge in [0.2, 0.25) is 0 Å². The lowest BCUT2D eigenvalue weighted by Gasteiger charge is -2.21. The van der Waals surface area contributed by atoms with Gasteiger partial charge in [-0.2, -0.15) is 5.10 Å². The van der Waals surface area contributed by atoms with Crippen LogP contribution in [0.1, 0.15) is 38.3 Å². The molecule has 1 amide bonds. The molecule has 1 aliphatic heterocycles. The molecule has 0 aliphatic carbocycles. The second kappa shape index (κ2) is 6.29. The second-order valence-corrected chi connectivity index (χ2v) is 7.14. The zero-order valence-corrected chi connectivity index (χ0v) is 14.3. The Kier molecular flexibility index (Phi) is 3.97. The molecule has 0 fully saturated rings. The second-order valence-electron chi connectivity index (χ2n) is 5.86. The molecule has 3 aromatic rings. The van der Waals surface area contributed by atoms with Gasteiger partial charge in [0.15, 0.2) is 5.76 Å². The van der Waals surface area contributed by atoms with Crippen molar-refractivity contribution in [2.45, 2.75) is 19.4 Å². The van der Waals surface area contributed by atoms with Crippen LogP contribution in [0.3, 0.4) is 0 Å². The molecule has 1 atom stereocenters. The van der Waals surface area contributed by atoms with Gasteiger partial charge in [0.25, 0.3) is 0 Å². The van der Waals surface area contributed by atoms with E-state index in [4.69, 9.17) is 4.42 Å². The predicted molar refractivity (Wildman–Crippen MR) is 94.2 cm³/mol. The van der Waals surface area contributed by atoms with Gasteiger partial charge in [-0.25, -0.2) is 9.40 Å². The molecular formula is C19H15FN2O2S. The monoisotopic (exact) mass is 354 g/mol. The van der Waals surface area contributed by atoms with Crippen molar-refractivity contribution in [3.05, 3.63) is 81.7 Å². The molecule has 0 saturated carbocycles. The number of rotatable bonds is 3. The molecule has 0 radical (unpaired) electrons. The first-order chi connectivity index (χ1) is 12.1. The number of halogens is 1. The van der Waals surface area contributed by atoms with Gasteiger partial charge >= 0.3 is 5.91 Å². The predicted octanol–water partition coefficient (Wildman–Crippen LogP) is 4.78. The molecule has 1 aromatic carbocycles. The van der Waals surface area contributed by atoms with Crippen molar-refractivity contribution >= 4 is 23.0 Å². The number of hydrogen-bond donors (Lipinski definition) is 0. The van der Waals surface area contributed by atoms with E-state index in [1.165, 1.54) is 28.3 Å². The van der Waals surface area contributed by atoms with E-state index in [0.717, 1.165) is 16.2 Å². The van der Waals surface area contributed by atoms with Gasteiger partial charge in [0, 0.05) is 11.3 Å². The first-order valence-electron chi connectivity index (χ1n) is 7.88. The molecule has 25 heavy (non-hydrogen) atoms. The maximum Gasteiger partial charge on any atom is 0.310 e. The summed E-state index contributed by atoms with van der Waals surface area (Å²) in [5, 5.41) is 6.01. The Bertz CT molecular complexity index is 929. The molecule has 4 nitrogen and oxygen atoms in total. The van der Waals surface area contributed by atoms with Crippen molar-refractivity contribution in [3.63, 3.8) is 0 Å². The van der Waals surface area contributed by atoms with Crippen LogP contribution in [0.2, 0.25) is 0 Å². The Labute approximate surface area is 148 Å². The number of carbonyl (C=O) groups excluding carboxylic acids is 1. The highest BCUT2D eigenvalue weighted by atomic mass is 32.1. The zero-order chi connectivity index (χ0) is 17.4. The number of amides is 1. The van der Waals surface area contributed by atoms with Crippen molar-refractivity contribution in [2.75, 3.05) is 0 Å². The smallest absolute Gasteiger partial charge is 0.310 e. The highest BCUT2D eigenvalue weighted by molar-refractivity contribution is 7.14. The Morgan fingerprint density at radius 2 is 2.04 bits per heavy atom. The molecule has 126 valence electrons. The lowest BCUT2D eigenvalue weighted by molar-refractivity contribution is 0.0678. The first-order valence-corrected chi connectivity index (χ1v) is 8.70. The van der Waals surface area contributed by atoms with Crippen LogP contribution in [-0.4, -0.2) is 16.6 Å². The summed E-state index contributed by atoms with van der Waals surface area (Å²) in [6.07, 6.45) is 2.04. The van der Waals surface area contributed by atoms with Crippen LogP contribution in [0.15, 0.2) is 64.3 Å². The van der Waals surface area contributed by atoms with Gasteiger partial charge in [-0.15, -0.1) is 11.3 Å². The summed E-state index contributed by atoms with van der Waals surface area (Å²) >= 11 is 1.64. The van der Waals surface area contributed by atoms with E-state index >= 15 is 0 Å². The summed E-state index contributed by atoms with van der Waals surface area (Å²) in [5.74, 6) is -0.372. The molecule has 3 heterocycles. The standard InChI is InChI=1S/C19H15FN2O2S/c1-12-4-9-18(25-12)15-11-16(13-5-7-14(20)8-6-13)22(21-15)19(23)17-3-2-10-24-17/h2-10,16H,11H2,1H3/t16-/m1/s1. The van der Waals surface area contributed by atoms with E-state index in [1.54, 1.807) is 35.6 Å². The summed E-state index contributed by atoms with van der Waals surface area (Å²) in [6.45, 7) is 2.03. The number of furan rings is 1. The lowest BCUT2D eigenvalue weighted by atomic mass is 10.0. The molecule has 0 unspecified atom stereocenters. The fourth-order valence-electron chi connectivity index (χ4n) is 2.89. The summed E-state index contributed by atoms with van der Waals surface area (Å²) in [7, 11) is 0. The van der Waals surface area contributed by atoms with Crippen LogP contribution in [0.5, 0.6) is 0 Å². The normalized spacial score (nSPS) is 17.0. The number of nitrogens with zero attached hydrogens (tertiary/aromatic N) is 2. The van der Waals surface area contributed by atoms with Gasteiger partial charge < -0.3 is 4.42 Å². The van der Waals surface area contributed by atoms with E-state index < -0.39 is 0 Å². The van der Waals surface area contributed by atoms with Crippen LogP contribution in [-0.2, 0) is 0 Å². The van der Waals surface area contributed by atoms with Crippen LogP contribution in [0.4, 0.5) is 4.39 Å². The molecule has 1 aliphatic rings. The summed E-state index contributed by atoms with van der Waals surface area (Å²) in [4.78, 5) is 15.0. The van der Waals surface area contributed by atoms with Crippen molar-refractivity contribution < 1.29 is 13.6 Å². The molecule has 6 heteroatoms. The fraction of sp³-hybridized carbons (Fsp3) is 0.158. The van der Waals surface area contributed by atoms with Crippen LogP contribution in [0, 0.1) is 12.7 Å². The Balaban J connectivity index is 1.72. The zero-order valence-electron chi connectivity index (χ0n) is 13.5. The Morgan fingerprint density at radius 1 is 1.24 bits per heavy atom. The minimum absolute atomic E-state index is 0.236. The van der Waals surface area contributed by atoms with E-state index in [1.807, 2.05) is 19.1 Å². The maximum absolute atomic E-state index is 13.3. The van der Waals surface area contributed by atoms with E-state index in [-0.39, 0.29) is 23.5 Å². The molecule has 0 N–H and O–H groups in total. The summed E-state index contributed by atoms with van der Waals surface area (Å²) in [5.41, 5.74) is 1.70. The summed E-state index contributed by atoms with van der Waals surface area (Å²) in [6, 6.07) is 13.2. The van der Waals surface area contributed by atoms with Gasteiger partial charge in [-0.05, 0) is 48.9 Å². The van der Waals surface area contributed by atoms with Crippen LogP contribution >= 0.6 is 11.3 Å². The third-order valence-electron chi connectivity index (χ3n) is 4.13. The van der Waals surface area contributed by atoms with Gasteiger partial charge in [0.1, 0.15) is 5.82 Å². The molecule has 0 bridgehead atoms. The molecule has 2 aromatic heterocycles. The highest BCUT2D eigenvalue weighted by Crippen LogP contribution is 2.35. The van der Waals surface area contributed by atoms with Crippen LogP contribution in [0.25, 0.3) is 0 Å². The largest absolute Gasteiger partial charge is 0.459 e. The molecule has 4 rings (SSSR count). The number of benzene rings is 1. The van der Waals surface area contributed by atoms with Crippen molar-refractivity contribution in [3.8, 4) is 0 Å². The van der Waals surface area contributed by atoms with E-state index in [0.29, 0.717) is 6.42 Å². The Hall–Kier alpha value is -2.73. The van der Waals surface area contributed by atoms with Gasteiger partial charge in [0.05, 0.1) is 22.9 Å². The van der Waals surface area contributed by atoms with E-state index in [9.17, 15) is 9.18 Å². The van der Waals surface area contributed by atoms with Gasteiger partial charge in [-0.1, -0.05) is 12.1 Å². The number of hydrazone groups is 1. The minimum atomic E-state index is -0.305. The third-order valence-corrected chi connectivity index (χ3v) is 5.18. The number of thiophene rings is 1. The van der Waals surface area contributed by atoms with Crippen molar-refractivity contribution in [1.29, 1.82) is 0 Å². The first kappa shape index (κ1) is 15.8. The molecule has 0 spiro atoms. The Morgan fingerprint density at radius 3 is 2.68 bits per heavy atom. The molecule has 0 saturated heterocycles. The SMILES string of the molecule is Cc1ccc(C2=NN(C(=O)c3ccco3)[C@@H](c3ccc(F)cc3)C2)s1. The third kappa shape index (κ3) is 3.00. The number of hydrogen-bond acceptors (Lipinski definition) is 4. The maximum atomic E-state index is 13.3. The van der Waals surface area contributed by atoms with Crippen LogP contribution < -0.4 is 0 Å². The van der Waals surface area contributed by atoms with Crippen molar-refractivity contribution in [2.24, 2.45) is 5.10 Å².